The summed E-state index contributed by atoms with van der Waals surface area (Å²) in [5, 5.41) is 5.64. The van der Waals surface area contributed by atoms with Gasteiger partial charge < -0.3 is 20.1 Å². The molecule has 0 heterocycles. The van der Waals surface area contributed by atoms with Crippen molar-refractivity contribution < 1.29 is 19.1 Å². The predicted octanol–water partition coefficient (Wildman–Crippen LogP) is 4.14. The predicted molar refractivity (Wildman–Crippen MR) is 113 cm³/mol. The first-order valence-electron chi connectivity index (χ1n) is 9.07. The van der Waals surface area contributed by atoms with Crippen LogP contribution < -0.4 is 20.1 Å². The van der Waals surface area contributed by atoms with Gasteiger partial charge in [-0.1, -0.05) is 42.5 Å². The van der Waals surface area contributed by atoms with Crippen LogP contribution in [0.15, 0.2) is 72.8 Å². The molecule has 0 aliphatic rings. The second-order valence-electron chi connectivity index (χ2n) is 6.24. The normalized spacial score (nSPS) is 10.1. The van der Waals surface area contributed by atoms with Crippen molar-refractivity contribution in [2.24, 2.45) is 0 Å². The summed E-state index contributed by atoms with van der Waals surface area (Å²) in [7, 11) is 3.10. The number of ether oxygens (including phenoxy) is 2. The number of rotatable bonds is 7. The summed E-state index contributed by atoms with van der Waals surface area (Å²) in [6.07, 6.45) is 0.131. The Morgan fingerprint density at radius 2 is 1.31 bits per heavy atom. The zero-order chi connectivity index (χ0) is 20.6. The van der Waals surface area contributed by atoms with Gasteiger partial charge in [0.2, 0.25) is 5.91 Å². The molecule has 2 N–H and O–H groups in total. The molecule has 0 unspecified atom stereocenters. The Labute approximate surface area is 169 Å². The number of benzene rings is 3. The highest BCUT2D eigenvalue weighted by Crippen LogP contribution is 2.25. The summed E-state index contributed by atoms with van der Waals surface area (Å²) in [6, 6.07) is 21.3. The quantitative estimate of drug-likeness (QED) is 0.636. The number of carbonyl (C=O) groups is 2. The summed E-state index contributed by atoms with van der Waals surface area (Å²) in [5.41, 5.74) is 2.10. The van der Waals surface area contributed by atoms with Gasteiger partial charge in [0.15, 0.2) is 0 Å². The summed E-state index contributed by atoms with van der Waals surface area (Å²) >= 11 is 0. The van der Waals surface area contributed by atoms with E-state index in [1.807, 2.05) is 24.3 Å². The fourth-order valence-electron chi connectivity index (χ4n) is 2.94. The molecule has 0 spiro atoms. The van der Waals surface area contributed by atoms with E-state index in [0.717, 1.165) is 5.56 Å². The lowest BCUT2D eigenvalue weighted by molar-refractivity contribution is -0.115. The van der Waals surface area contributed by atoms with Crippen LogP contribution in [-0.2, 0) is 11.2 Å². The zero-order valence-corrected chi connectivity index (χ0v) is 16.3. The first-order valence-corrected chi connectivity index (χ1v) is 9.07. The summed E-state index contributed by atoms with van der Waals surface area (Å²) in [6.45, 7) is 0. The minimum Gasteiger partial charge on any atom is -0.496 e. The molecule has 0 aliphatic carbocycles. The molecule has 0 bridgehead atoms. The van der Waals surface area contributed by atoms with E-state index in [1.54, 1.807) is 55.6 Å². The van der Waals surface area contributed by atoms with Gasteiger partial charge in [-0.15, -0.1) is 0 Å². The molecule has 0 aromatic heterocycles. The van der Waals surface area contributed by atoms with Gasteiger partial charge in [-0.3, -0.25) is 9.59 Å². The van der Waals surface area contributed by atoms with E-state index in [-0.39, 0.29) is 18.2 Å². The number of methoxy groups -OCH3 is 2. The van der Waals surface area contributed by atoms with E-state index in [1.165, 1.54) is 7.11 Å². The number of nitrogens with one attached hydrogen (secondary N) is 2. The lowest BCUT2D eigenvalue weighted by Gasteiger charge is -2.14. The van der Waals surface area contributed by atoms with Crippen molar-refractivity contribution in [3.63, 3.8) is 0 Å². The molecule has 3 aromatic rings. The Hall–Kier alpha value is -3.80. The monoisotopic (exact) mass is 390 g/mol. The molecule has 6 nitrogen and oxygen atoms in total. The average molecular weight is 390 g/mol. The molecule has 0 atom stereocenters. The second kappa shape index (κ2) is 9.41. The molecule has 0 fully saturated rings. The molecule has 0 radical (unpaired) electrons. The van der Waals surface area contributed by atoms with Crippen LogP contribution in [0, 0.1) is 0 Å². The highest BCUT2D eigenvalue weighted by molar-refractivity contribution is 6.10. The summed E-state index contributed by atoms with van der Waals surface area (Å²) in [4.78, 5) is 25.4. The number of para-hydroxylation sites is 4. The minimum atomic E-state index is -0.345. The van der Waals surface area contributed by atoms with Crippen molar-refractivity contribution in [1.29, 1.82) is 0 Å². The summed E-state index contributed by atoms with van der Waals surface area (Å²) < 4.78 is 10.6. The topological polar surface area (TPSA) is 76.7 Å². The number of amides is 2. The number of carbonyl (C=O) groups excluding carboxylic acids is 2. The van der Waals surface area contributed by atoms with Crippen molar-refractivity contribution >= 4 is 23.2 Å². The molecular formula is C23H22N2O4. The van der Waals surface area contributed by atoms with Gasteiger partial charge >= 0.3 is 0 Å². The molecular weight excluding hydrogens is 368 g/mol. The van der Waals surface area contributed by atoms with Crippen LogP contribution in [0.2, 0.25) is 0 Å². The van der Waals surface area contributed by atoms with Crippen LogP contribution >= 0.6 is 0 Å². The second-order valence-corrected chi connectivity index (χ2v) is 6.24. The third-order valence-corrected chi connectivity index (χ3v) is 4.34. The Balaban J connectivity index is 1.76. The molecule has 0 saturated heterocycles. The molecule has 0 saturated carbocycles. The van der Waals surface area contributed by atoms with Crippen LogP contribution in [0.25, 0.3) is 0 Å². The Morgan fingerprint density at radius 1 is 0.724 bits per heavy atom. The first-order chi connectivity index (χ1) is 14.1. The smallest absolute Gasteiger partial charge is 0.257 e. The maximum Gasteiger partial charge on any atom is 0.257 e. The fourth-order valence-corrected chi connectivity index (χ4v) is 2.94. The van der Waals surface area contributed by atoms with Crippen molar-refractivity contribution in [2.45, 2.75) is 6.42 Å². The van der Waals surface area contributed by atoms with E-state index in [2.05, 4.69) is 10.6 Å². The fraction of sp³-hybridized carbons (Fsp3) is 0.130. The van der Waals surface area contributed by atoms with Gasteiger partial charge in [0, 0.05) is 5.56 Å². The Kier molecular flexibility index (Phi) is 6.47. The number of hydrogen-bond acceptors (Lipinski definition) is 4. The molecule has 3 aromatic carbocycles. The molecule has 29 heavy (non-hydrogen) atoms. The van der Waals surface area contributed by atoms with Crippen LogP contribution in [0.4, 0.5) is 11.4 Å². The zero-order valence-electron chi connectivity index (χ0n) is 16.3. The van der Waals surface area contributed by atoms with Gasteiger partial charge in [0.25, 0.3) is 5.91 Å². The molecule has 3 rings (SSSR count). The van der Waals surface area contributed by atoms with Crippen LogP contribution in [0.1, 0.15) is 15.9 Å². The average Bonchev–Trinajstić information content (AvgIpc) is 2.74. The van der Waals surface area contributed by atoms with Gasteiger partial charge in [0.05, 0.1) is 37.6 Å². The minimum absolute atomic E-state index is 0.131. The number of hydrogen-bond donors (Lipinski definition) is 2. The number of anilines is 2. The Bertz CT molecular complexity index is 1020. The van der Waals surface area contributed by atoms with E-state index in [0.29, 0.717) is 28.4 Å². The summed E-state index contributed by atoms with van der Waals surface area (Å²) in [5.74, 6) is 0.609. The highest BCUT2D eigenvalue weighted by Gasteiger charge is 2.16. The van der Waals surface area contributed by atoms with Gasteiger partial charge in [-0.2, -0.15) is 0 Å². The lowest BCUT2D eigenvalue weighted by Crippen LogP contribution is -2.19. The first kappa shape index (κ1) is 19.9. The van der Waals surface area contributed by atoms with Crippen LogP contribution in [0.3, 0.4) is 0 Å². The molecule has 2 amide bonds. The van der Waals surface area contributed by atoms with E-state index in [4.69, 9.17) is 9.47 Å². The SMILES string of the molecule is COc1ccccc1CC(=O)Nc1ccccc1C(=O)Nc1ccccc1OC. The Morgan fingerprint density at radius 3 is 2.03 bits per heavy atom. The van der Waals surface area contributed by atoms with E-state index >= 15 is 0 Å². The van der Waals surface area contributed by atoms with E-state index < -0.39 is 0 Å². The van der Waals surface area contributed by atoms with Gasteiger partial charge in [0.1, 0.15) is 11.5 Å². The van der Waals surface area contributed by atoms with E-state index in [9.17, 15) is 9.59 Å². The van der Waals surface area contributed by atoms with Gasteiger partial charge in [-0.25, -0.2) is 0 Å². The standard InChI is InChI=1S/C23H22N2O4/c1-28-20-13-7-3-9-16(20)15-22(26)24-18-11-5-4-10-17(18)23(27)25-19-12-6-8-14-21(19)29-2/h3-14H,15H2,1-2H3,(H,24,26)(H,25,27). The van der Waals surface area contributed by atoms with Crippen molar-refractivity contribution in [2.75, 3.05) is 24.9 Å². The lowest BCUT2D eigenvalue weighted by atomic mass is 10.1. The third kappa shape index (κ3) is 4.93. The van der Waals surface area contributed by atoms with Gasteiger partial charge in [-0.05, 0) is 30.3 Å². The molecule has 6 heteroatoms. The largest absolute Gasteiger partial charge is 0.496 e. The van der Waals surface area contributed by atoms with Crippen molar-refractivity contribution in [3.05, 3.63) is 83.9 Å². The molecule has 0 aliphatic heterocycles. The van der Waals surface area contributed by atoms with Crippen LogP contribution in [0.5, 0.6) is 11.5 Å². The van der Waals surface area contributed by atoms with Crippen molar-refractivity contribution in [1.82, 2.24) is 0 Å². The third-order valence-electron chi connectivity index (χ3n) is 4.34. The van der Waals surface area contributed by atoms with Crippen LogP contribution in [-0.4, -0.2) is 26.0 Å². The maximum absolute atomic E-state index is 12.8. The highest BCUT2D eigenvalue weighted by atomic mass is 16.5. The molecule has 148 valence electrons. The maximum atomic E-state index is 12.8. The van der Waals surface area contributed by atoms with Crippen molar-refractivity contribution in [3.8, 4) is 11.5 Å².